The second-order valence-electron chi connectivity index (χ2n) is 7.31. The summed E-state index contributed by atoms with van der Waals surface area (Å²) in [5.74, 6) is 0. The van der Waals surface area contributed by atoms with E-state index in [9.17, 15) is 0 Å². The molecular weight excluding hydrogens is 535 g/mol. The SMILES string of the molecule is CC(C)(C)c1cc(-c2[c-]cccc2)ncn1.[Ir].[c-]1ccccc1-c1ccccn1. The van der Waals surface area contributed by atoms with E-state index in [0.29, 0.717) is 0 Å². The van der Waals surface area contributed by atoms with Gasteiger partial charge in [0.25, 0.3) is 0 Å². The van der Waals surface area contributed by atoms with Crippen LogP contribution in [0.3, 0.4) is 0 Å². The van der Waals surface area contributed by atoms with Crippen LogP contribution >= 0.6 is 0 Å². The standard InChI is InChI=1S/C14H15N2.C11H8N.Ir/c1-14(2,3)13-9-12(15-10-16-13)11-7-5-4-6-8-11;1-2-6-10(7-3-1)11-8-4-5-9-12-11;/h4-7,9-10H,1-3H3;1-6,8-9H;/q2*-1;. The molecule has 0 bridgehead atoms. The van der Waals surface area contributed by atoms with E-state index in [2.05, 4.69) is 47.9 Å². The average molecular weight is 558 g/mol. The minimum atomic E-state index is 0. The monoisotopic (exact) mass is 558 g/mol. The topological polar surface area (TPSA) is 38.7 Å². The van der Waals surface area contributed by atoms with Crippen molar-refractivity contribution < 1.29 is 20.1 Å². The Labute approximate surface area is 186 Å². The molecular formula is C25H23IrN3-2. The molecule has 4 aromatic rings. The molecule has 3 nitrogen and oxygen atoms in total. The van der Waals surface area contributed by atoms with E-state index in [1.807, 2.05) is 72.8 Å². The summed E-state index contributed by atoms with van der Waals surface area (Å²) in [6.45, 7) is 6.44. The van der Waals surface area contributed by atoms with E-state index in [1.54, 1.807) is 12.5 Å². The molecule has 0 saturated carbocycles. The zero-order valence-electron chi connectivity index (χ0n) is 16.8. The van der Waals surface area contributed by atoms with Crippen LogP contribution in [0.2, 0.25) is 0 Å². The van der Waals surface area contributed by atoms with Gasteiger partial charge in [-0.3, -0.25) is 4.98 Å². The Morgan fingerprint density at radius 2 is 1.31 bits per heavy atom. The molecule has 0 saturated heterocycles. The van der Waals surface area contributed by atoms with Gasteiger partial charge in [0, 0.05) is 37.4 Å². The van der Waals surface area contributed by atoms with Crippen molar-refractivity contribution in [3.63, 3.8) is 0 Å². The first-order valence-electron chi connectivity index (χ1n) is 9.22. The molecule has 0 spiro atoms. The van der Waals surface area contributed by atoms with E-state index in [-0.39, 0.29) is 25.5 Å². The second kappa shape index (κ2) is 10.8. The van der Waals surface area contributed by atoms with Gasteiger partial charge in [-0.05, 0) is 17.5 Å². The Hall–Kier alpha value is -2.68. The second-order valence-corrected chi connectivity index (χ2v) is 7.31. The Morgan fingerprint density at radius 3 is 1.83 bits per heavy atom. The van der Waals surface area contributed by atoms with Gasteiger partial charge < -0.3 is 4.98 Å². The Kier molecular flexibility index (Phi) is 8.38. The minimum absolute atomic E-state index is 0. The first-order valence-corrected chi connectivity index (χ1v) is 9.22. The summed E-state index contributed by atoms with van der Waals surface area (Å²) in [6, 6.07) is 29.9. The number of aromatic nitrogens is 3. The zero-order valence-corrected chi connectivity index (χ0v) is 19.2. The van der Waals surface area contributed by atoms with Gasteiger partial charge in [0.15, 0.2) is 0 Å². The summed E-state index contributed by atoms with van der Waals surface area (Å²) >= 11 is 0. The van der Waals surface area contributed by atoms with Crippen molar-refractivity contribution in [3.05, 3.63) is 103 Å². The van der Waals surface area contributed by atoms with Crippen LogP contribution in [-0.2, 0) is 25.5 Å². The summed E-state index contributed by atoms with van der Waals surface area (Å²) < 4.78 is 0. The first-order chi connectivity index (χ1) is 13.5. The summed E-state index contributed by atoms with van der Waals surface area (Å²) in [4.78, 5) is 12.8. The number of benzene rings is 2. The fourth-order valence-corrected chi connectivity index (χ4v) is 2.54. The molecule has 0 aliphatic carbocycles. The normalized spacial score (nSPS) is 10.3. The maximum Gasteiger partial charge on any atom is 0.105 e. The van der Waals surface area contributed by atoms with E-state index in [0.717, 1.165) is 28.2 Å². The van der Waals surface area contributed by atoms with Crippen LogP contribution in [0.15, 0.2) is 85.3 Å². The average Bonchev–Trinajstić information content (AvgIpc) is 2.76. The molecule has 4 rings (SSSR count). The van der Waals surface area contributed by atoms with Crippen LogP contribution in [0, 0.1) is 12.1 Å². The van der Waals surface area contributed by atoms with Gasteiger partial charge in [0.05, 0.1) is 0 Å². The summed E-state index contributed by atoms with van der Waals surface area (Å²) in [5, 5.41) is 0. The molecule has 1 radical (unpaired) electrons. The fraction of sp³-hybridized carbons (Fsp3) is 0.160. The smallest absolute Gasteiger partial charge is 0.105 e. The van der Waals surface area contributed by atoms with Gasteiger partial charge >= 0.3 is 0 Å². The number of hydrogen-bond acceptors (Lipinski definition) is 3. The third kappa shape index (κ3) is 6.70. The predicted molar refractivity (Wildman–Crippen MR) is 114 cm³/mol. The van der Waals surface area contributed by atoms with Crippen molar-refractivity contribution in [2.24, 2.45) is 0 Å². The molecule has 0 N–H and O–H groups in total. The fourth-order valence-electron chi connectivity index (χ4n) is 2.54. The van der Waals surface area contributed by atoms with Crippen LogP contribution in [0.25, 0.3) is 22.5 Å². The first kappa shape index (κ1) is 22.6. The molecule has 29 heavy (non-hydrogen) atoms. The maximum atomic E-state index is 4.31. The van der Waals surface area contributed by atoms with Gasteiger partial charge in [-0.1, -0.05) is 39.0 Å². The van der Waals surface area contributed by atoms with Crippen molar-refractivity contribution in [1.82, 2.24) is 15.0 Å². The van der Waals surface area contributed by atoms with Crippen LogP contribution < -0.4 is 0 Å². The van der Waals surface area contributed by atoms with Crippen LogP contribution in [0.1, 0.15) is 26.5 Å². The van der Waals surface area contributed by atoms with Gasteiger partial charge in [0.1, 0.15) is 6.33 Å². The number of pyridine rings is 1. The molecule has 2 heterocycles. The molecule has 0 amide bonds. The van der Waals surface area contributed by atoms with Crippen molar-refractivity contribution in [1.29, 1.82) is 0 Å². The van der Waals surface area contributed by atoms with Crippen LogP contribution in [0.5, 0.6) is 0 Å². The molecule has 0 aliphatic rings. The van der Waals surface area contributed by atoms with Crippen molar-refractivity contribution in [2.75, 3.05) is 0 Å². The largest absolute Gasteiger partial charge is 0.305 e. The Morgan fingerprint density at radius 1 is 0.690 bits per heavy atom. The number of rotatable bonds is 2. The number of nitrogens with zero attached hydrogens (tertiary/aromatic N) is 3. The molecule has 4 heteroatoms. The summed E-state index contributed by atoms with van der Waals surface area (Å²) in [7, 11) is 0. The molecule has 2 aromatic heterocycles. The van der Waals surface area contributed by atoms with Gasteiger partial charge in [-0.2, -0.15) is 0 Å². The van der Waals surface area contributed by atoms with Gasteiger partial charge in [-0.15, -0.1) is 71.8 Å². The molecule has 0 atom stereocenters. The molecule has 0 unspecified atom stereocenters. The van der Waals surface area contributed by atoms with Crippen molar-refractivity contribution in [2.45, 2.75) is 26.2 Å². The third-order valence-electron chi connectivity index (χ3n) is 4.07. The zero-order chi connectivity index (χ0) is 19.8. The maximum absolute atomic E-state index is 4.31. The third-order valence-corrected chi connectivity index (χ3v) is 4.07. The molecule has 0 fully saturated rings. The quantitative estimate of drug-likeness (QED) is 0.293. The van der Waals surface area contributed by atoms with Crippen molar-refractivity contribution in [3.8, 4) is 22.5 Å². The predicted octanol–water partition coefficient (Wildman–Crippen LogP) is 5.79. The Bertz CT molecular complexity index is 945. The molecule has 149 valence electrons. The minimum Gasteiger partial charge on any atom is -0.305 e. The Balaban J connectivity index is 0.000000207. The number of hydrogen-bond donors (Lipinski definition) is 0. The van der Waals surface area contributed by atoms with E-state index in [1.165, 1.54) is 0 Å². The van der Waals surface area contributed by atoms with Crippen LogP contribution in [-0.4, -0.2) is 15.0 Å². The molecule has 2 aromatic carbocycles. The van der Waals surface area contributed by atoms with Crippen LogP contribution in [0.4, 0.5) is 0 Å². The van der Waals surface area contributed by atoms with E-state index in [4.69, 9.17) is 0 Å². The van der Waals surface area contributed by atoms with Gasteiger partial charge in [0.2, 0.25) is 0 Å². The van der Waals surface area contributed by atoms with Gasteiger partial charge in [-0.25, -0.2) is 4.98 Å². The molecule has 0 aliphatic heterocycles. The summed E-state index contributed by atoms with van der Waals surface area (Å²) in [5.41, 5.74) is 5.05. The summed E-state index contributed by atoms with van der Waals surface area (Å²) in [6.07, 6.45) is 3.41. The van der Waals surface area contributed by atoms with E-state index < -0.39 is 0 Å². The van der Waals surface area contributed by atoms with Crippen molar-refractivity contribution >= 4 is 0 Å². The van der Waals surface area contributed by atoms with E-state index >= 15 is 0 Å².